The van der Waals surface area contributed by atoms with E-state index < -0.39 is 0 Å². The highest BCUT2D eigenvalue weighted by atomic mass is 16.5. The molecule has 0 saturated heterocycles. The minimum Gasteiger partial charge on any atom is -0.484 e. The molecule has 2 aromatic rings. The summed E-state index contributed by atoms with van der Waals surface area (Å²) >= 11 is 0. The van der Waals surface area contributed by atoms with Gasteiger partial charge < -0.3 is 20.1 Å². The second-order valence-electron chi connectivity index (χ2n) is 6.25. The van der Waals surface area contributed by atoms with Crippen LogP contribution in [0.2, 0.25) is 0 Å². The summed E-state index contributed by atoms with van der Waals surface area (Å²) in [5.74, 6) is 0.555. The van der Waals surface area contributed by atoms with Crippen LogP contribution in [0.25, 0.3) is 0 Å². The average molecular weight is 356 g/mol. The van der Waals surface area contributed by atoms with Crippen molar-refractivity contribution in [3.63, 3.8) is 0 Å². The van der Waals surface area contributed by atoms with Crippen LogP contribution >= 0.6 is 0 Å². The maximum atomic E-state index is 11.2. The van der Waals surface area contributed by atoms with Crippen molar-refractivity contribution < 1.29 is 14.3 Å². The molecule has 0 aromatic heterocycles. The number of nitrogens with one attached hydrogen (secondary N) is 2. The number of rotatable bonds is 10. The number of likely N-dealkylation sites (N-methyl/N-ethyl adjacent to an activating group) is 1. The highest BCUT2D eigenvalue weighted by molar-refractivity contribution is 5.77. The molecule has 2 rings (SSSR count). The van der Waals surface area contributed by atoms with Gasteiger partial charge in [-0.25, -0.2) is 0 Å². The van der Waals surface area contributed by atoms with Crippen LogP contribution < -0.4 is 15.4 Å². The van der Waals surface area contributed by atoms with Crippen LogP contribution in [0.1, 0.15) is 24.2 Å². The van der Waals surface area contributed by atoms with Crippen LogP contribution in [0.4, 0.5) is 0 Å². The molecule has 26 heavy (non-hydrogen) atoms. The summed E-state index contributed by atoms with van der Waals surface area (Å²) in [6.45, 7) is 2.95. The maximum absolute atomic E-state index is 11.2. The summed E-state index contributed by atoms with van der Waals surface area (Å²) < 4.78 is 11.0. The van der Waals surface area contributed by atoms with Gasteiger partial charge in [0.2, 0.25) is 0 Å². The summed E-state index contributed by atoms with van der Waals surface area (Å²) in [5.41, 5.74) is 2.39. The first-order valence-corrected chi connectivity index (χ1v) is 8.85. The Morgan fingerprint density at radius 2 is 1.77 bits per heavy atom. The van der Waals surface area contributed by atoms with Gasteiger partial charge in [-0.05, 0) is 36.6 Å². The molecule has 0 fully saturated rings. The molecule has 0 aliphatic carbocycles. The smallest absolute Gasteiger partial charge is 0.257 e. The number of carbonyl (C=O) groups is 1. The Balaban J connectivity index is 1.80. The largest absolute Gasteiger partial charge is 0.484 e. The zero-order chi connectivity index (χ0) is 18.8. The monoisotopic (exact) mass is 356 g/mol. The zero-order valence-electron chi connectivity index (χ0n) is 15.7. The Hall–Kier alpha value is -2.37. The number of amides is 1. The molecule has 5 nitrogen and oxygen atoms in total. The van der Waals surface area contributed by atoms with Crippen molar-refractivity contribution >= 4 is 5.91 Å². The van der Waals surface area contributed by atoms with E-state index in [1.165, 1.54) is 11.1 Å². The Bertz CT molecular complexity index is 659. The third-order valence-electron chi connectivity index (χ3n) is 4.22. The molecule has 2 atom stereocenters. The van der Waals surface area contributed by atoms with Crippen LogP contribution in [0.5, 0.6) is 5.75 Å². The first-order chi connectivity index (χ1) is 12.6. The fourth-order valence-electron chi connectivity index (χ4n) is 2.68. The summed E-state index contributed by atoms with van der Waals surface area (Å²) in [5, 5.41) is 6.06. The Morgan fingerprint density at radius 3 is 2.38 bits per heavy atom. The van der Waals surface area contributed by atoms with Crippen LogP contribution in [-0.4, -0.2) is 39.3 Å². The number of ether oxygens (including phenoxy) is 2. The third kappa shape index (κ3) is 6.50. The highest BCUT2D eigenvalue weighted by Gasteiger charge is 2.12. The standard InChI is InChI=1S/C21H28N2O3/c1-16(23-14-20(25-3)18-7-5-4-6-8-18)13-17-9-11-19(12-10-17)26-15-21(24)22-2/h4-12,16,20,23H,13-15H2,1-3H3,(H,22,24). The zero-order valence-corrected chi connectivity index (χ0v) is 15.7. The topological polar surface area (TPSA) is 59.6 Å². The van der Waals surface area contributed by atoms with E-state index in [2.05, 4.69) is 29.7 Å². The lowest BCUT2D eigenvalue weighted by molar-refractivity contribution is -0.122. The van der Waals surface area contributed by atoms with E-state index in [0.717, 1.165) is 13.0 Å². The fraction of sp³-hybridized carbons (Fsp3) is 0.381. The molecule has 0 saturated carbocycles. The van der Waals surface area contributed by atoms with E-state index >= 15 is 0 Å². The number of hydrogen-bond acceptors (Lipinski definition) is 4. The van der Waals surface area contributed by atoms with Gasteiger partial charge in [-0.15, -0.1) is 0 Å². The lowest BCUT2D eigenvalue weighted by Crippen LogP contribution is -2.32. The van der Waals surface area contributed by atoms with E-state index in [9.17, 15) is 4.79 Å². The van der Waals surface area contributed by atoms with Crippen molar-refractivity contribution in [1.82, 2.24) is 10.6 Å². The highest BCUT2D eigenvalue weighted by Crippen LogP contribution is 2.16. The van der Waals surface area contributed by atoms with E-state index in [0.29, 0.717) is 11.8 Å². The van der Waals surface area contributed by atoms with Gasteiger partial charge in [0.25, 0.3) is 5.91 Å². The molecule has 0 aliphatic heterocycles. The van der Waals surface area contributed by atoms with Gasteiger partial charge in [-0.1, -0.05) is 42.5 Å². The van der Waals surface area contributed by atoms with Crippen LogP contribution in [0, 0.1) is 0 Å². The first kappa shape index (κ1) is 19.9. The van der Waals surface area contributed by atoms with Crippen molar-refractivity contribution in [2.24, 2.45) is 0 Å². The molecular formula is C21H28N2O3. The molecule has 0 spiro atoms. The predicted molar refractivity (Wildman–Crippen MR) is 103 cm³/mol. The molecule has 5 heteroatoms. The molecule has 1 amide bonds. The summed E-state index contributed by atoms with van der Waals surface area (Å²) in [4.78, 5) is 11.2. The van der Waals surface area contributed by atoms with Crippen molar-refractivity contribution in [3.05, 3.63) is 65.7 Å². The predicted octanol–water partition coefficient (Wildman–Crippen LogP) is 2.72. The van der Waals surface area contributed by atoms with Crippen molar-refractivity contribution in [2.75, 3.05) is 27.3 Å². The van der Waals surface area contributed by atoms with Gasteiger partial charge >= 0.3 is 0 Å². The molecule has 0 heterocycles. The van der Waals surface area contributed by atoms with Crippen LogP contribution in [-0.2, 0) is 16.0 Å². The van der Waals surface area contributed by atoms with Gasteiger partial charge in [0.15, 0.2) is 6.61 Å². The number of carbonyl (C=O) groups excluding carboxylic acids is 1. The number of hydrogen-bond donors (Lipinski definition) is 2. The maximum Gasteiger partial charge on any atom is 0.257 e. The van der Waals surface area contributed by atoms with Crippen molar-refractivity contribution in [1.29, 1.82) is 0 Å². The summed E-state index contributed by atoms with van der Waals surface area (Å²) in [6.07, 6.45) is 0.945. The third-order valence-corrected chi connectivity index (χ3v) is 4.22. The van der Waals surface area contributed by atoms with Crippen molar-refractivity contribution in [3.8, 4) is 5.75 Å². The van der Waals surface area contributed by atoms with E-state index in [4.69, 9.17) is 9.47 Å². The second kappa shape index (κ2) is 10.6. The number of methoxy groups -OCH3 is 1. The molecule has 2 N–H and O–H groups in total. The molecule has 0 aliphatic rings. The Kier molecular flexibility index (Phi) is 8.12. The lowest BCUT2D eigenvalue weighted by Gasteiger charge is -2.20. The molecule has 0 radical (unpaired) electrons. The summed E-state index contributed by atoms with van der Waals surface area (Å²) in [6, 6.07) is 18.4. The lowest BCUT2D eigenvalue weighted by atomic mass is 10.1. The number of benzene rings is 2. The van der Waals surface area contributed by atoms with Gasteiger partial charge in [-0.2, -0.15) is 0 Å². The molecule has 2 aromatic carbocycles. The van der Waals surface area contributed by atoms with Crippen LogP contribution in [0.15, 0.2) is 54.6 Å². The van der Waals surface area contributed by atoms with Crippen molar-refractivity contribution in [2.45, 2.75) is 25.5 Å². The van der Waals surface area contributed by atoms with Gasteiger partial charge in [-0.3, -0.25) is 4.79 Å². The SMILES string of the molecule is CNC(=O)COc1ccc(CC(C)NCC(OC)c2ccccc2)cc1. The molecule has 2 unspecified atom stereocenters. The normalized spacial score (nSPS) is 13.0. The van der Waals surface area contributed by atoms with Gasteiger partial charge in [0.1, 0.15) is 5.75 Å². The Morgan fingerprint density at radius 1 is 1.08 bits per heavy atom. The van der Waals surface area contributed by atoms with Gasteiger partial charge in [0.05, 0.1) is 6.10 Å². The molecule has 140 valence electrons. The fourth-order valence-corrected chi connectivity index (χ4v) is 2.68. The Labute approximate surface area is 155 Å². The van der Waals surface area contributed by atoms with Gasteiger partial charge in [0, 0.05) is 26.7 Å². The molecule has 0 bridgehead atoms. The minimum atomic E-state index is -0.141. The first-order valence-electron chi connectivity index (χ1n) is 8.85. The second-order valence-corrected chi connectivity index (χ2v) is 6.25. The average Bonchev–Trinajstić information content (AvgIpc) is 2.68. The molecular weight excluding hydrogens is 328 g/mol. The van der Waals surface area contributed by atoms with E-state index in [-0.39, 0.29) is 18.6 Å². The quantitative estimate of drug-likeness (QED) is 0.687. The van der Waals surface area contributed by atoms with E-state index in [1.807, 2.05) is 42.5 Å². The summed E-state index contributed by atoms with van der Waals surface area (Å²) in [7, 11) is 3.33. The minimum absolute atomic E-state index is 0.0334. The van der Waals surface area contributed by atoms with Crippen LogP contribution in [0.3, 0.4) is 0 Å². The van der Waals surface area contributed by atoms with E-state index in [1.54, 1.807) is 14.2 Å².